The normalized spacial score (nSPS) is 11.5. The van der Waals surface area contributed by atoms with E-state index in [-0.39, 0.29) is 32.9 Å². The topological polar surface area (TPSA) is 56.5 Å². The zero-order chi connectivity index (χ0) is 23.0. The monoisotopic (exact) mass is 478 g/mol. The maximum atomic E-state index is 13.8. The van der Waals surface area contributed by atoms with Crippen molar-refractivity contribution in [1.29, 1.82) is 0 Å². The first-order chi connectivity index (χ1) is 15.1. The van der Waals surface area contributed by atoms with Gasteiger partial charge in [0.05, 0.1) is 16.5 Å². The summed E-state index contributed by atoms with van der Waals surface area (Å²) in [7, 11) is 0. The van der Waals surface area contributed by atoms with Crippen LogP contribution in [0.4, 0.5) is 13.2 Å². The summed E-state index contributed by atoms with van der Waals surface area (Å²) in [5.74, 6) is -2.35. The Morgan fingerprint density at radius 2 is 1.62 bits per heavy atom. The van der Waals surface area contributed by atoms with Crippen LogP contribution in [0.1, 0.15) is 16.1 Å². The van der Waals surface area contributed by atoms with Crippen LogP contribution in [0.15, 0.2) is 75.9 Å². The molecule has 0 aliphatic rings. The van der Waals surface area contributed by atoms with Gasteiger partial charge in [0, 0.05) is 21.7 Å². The Bertz CT molecular complexity index is 1390. The Labute approximate surface area is 188 Å². The fourth-order valence-corrected chi connectivity index (χ4v) is 3.45. The second-order valence-electron chi connectivity index (χ2n) is 6.67. The van der Waals surface area contributed by atoms with Gasteiger partial charge in [0.2, 0.25) is 11.2 Å². The smallest absolute Gasteiger partial charge is 0.450 e. The van der Waals surface area contributed by atoms with Gasteiger partial charge in [-0.2, -0.15) is 13.2 Å². The highest BCUT2D eigenvalue weighted by Crippen LogP contribution is 2.39. The van der Waals surface area contributed by atoms with E-state index in [0.717, 1.165) is 6.07 Å². The van der Waals surface area contributed by atoms with Crippen molar-refractivity contribution in [2.75, 3.05) is 0 Å². The molecule has 1 aromatic heterocycles. The summed E-state index contributed by atoms with van der Waals surface area (Å²) in [5, 5.41) is 0.264. The van der Waals surface area contributed by atoms with Gasteiger partial charge < -0.3 is 9.15 Å². The number of halogens is 5. The minimum Gasteiger partial charge on any atom is -0.450 e. The molecule has 9 heteroatoms. The number of alkyl halides is 3. The number of hydrogen-bond donors (Lipinski definition) is 0. The van der Waals surface area contributed by atoms with Crippen LogP contribution in [0.2, 0.25) is 10.0 Å². The molecular formula is C23H11Cl2F3O4. The molecule has 0 unspecified atom stereocenters. The van der Waals surface area contributed by atoms with Gasteiger partial charge in [0.25, 0.3) is 0 Å². The van der Waals surface area contributed by atoms with Crippen molar-refractivity contribution in [3.05, 3.63) is 98.3 Å². The number of rotatable bonds is 3. The predicted octanol–water partition coefficient (Wildman–Crippen LogP) is 7.00. The summed E-state index contributed by atoms with van der Waals surface area (Å²) in [4.78, 5) is 25.3. The molecule has 3 aromatic carbocycles. The Hall–Kier alpha value is -3.29. The molecule has 0 saturated carbocycles. The number of carbonyl (C=O) groups excluding carboxylic acids is 1. The maximum Gasteiger partial charge on any atom is 0.450 e. The summed E-state index contributed by atoms with van der Waals surface area (Å²) >= 11 is 11.8. The minimum absolute atomic E-state index is 0.0295. The minimum atomic E-state index is -4.97. The van der Waals surface area contributed by atoms with Crippen molar-refractivity contribution in [2.45, 2.75) is 6.18 Å². The first-order valence-corrected chi connectivity index (χ1v) is 9.81. The lowest BCUT2D eigenvalue weighted by Gasteiger charge is -2.14. The summed E-state index contributed by atoms with van der Waals surface area (Å²) in [6.07, 6.45) is -4.97. The summed E-state index contributed by atoms with van der Waals surface area (Å²) in [6.45, 7) is 0. The van der Waals surface area contributed by atoms with Gasteiger partial charge in [-0.15, -0.1) is 0 Å². The molecule has 0 spiro atoms. The average Bonchev–Trinajstić information content (AvgIpc) is 2.74. The number of benzene rings is 3. The summed E-state index contributed by atoms with van der Waals surface area (Å²) in [6, 6.07) is 15.1. The second kappa shape index (κ2) is 8.33. The predicted molar refractivity (Wildman–Crippen MR) is 114 cm³/mol. The van der Waals surface area contributed by atoms with Gasteiger partial charge >= 0.3 is 12.1 Å². The van der Waals surface area contributed by atoms with E-state index in [1.165, 1.54) is 60.7 Å². The zero-order valence-electron chi connectivity index (χ0n) is 15.9. The Kier molecular flexibility index (Phi) is 5.71. The van der Waals surface area contributed by atoms with E-state index in [9.17, 15) is 22.8 Å². The third kappa shape index (κ3) is 4.22. The molecule has 162 valence electrons. The largest absolute Gasteiger partial charge is 0.450 e. The highest BCUT2D eigenvalue weighted by molar-refractivity contribution is 6.33. The fraction of sp³-hybridized carbons (Fsp3) is 0.0435. The molecule has 4 aromatic rings. The maximum absolute atomic E-state index is 13.8. The van der Waals surface area contributed by atoms with Crippen LogP contribution in [0.25, 0.3) is 22.1 Å². The molecule has 0 atom stereocenters. The Balaban J connectivity index is 1.83. The average molecular weight is 479 g/mol. The third-order valence-corrected chi connectivity index (χ3v) is 5.14. The SMILES string of the molecule is O=C(Oc1ccc2c(=O)c(-c3ccccc3Cl)c(C(F)(F)F)oc2c1)c1ccc(Cl)cc1. The van der Waals surface area contributed by atoms with Gasteiger partial charge in [-0.1, -0.05) is 41.4 Å². The first-order valence-electron chi connectivity index (χ1n) is 9.06. The molecule has 0 aliphatic heterocycles. The van der Waals surface area contributed by atoms with E-state index in [2.05, 4.69) is 0 Å². The van der Waals surface area contributed by atoms with Crippen molar-refractivity contribution in [3.63, 3.8) is 0 Å². The number of esters is 1. The van der Waals surface area contributed by atoms with Crippen molar-refractivity contribution in [1.82, 2.24) is 0 Å². The third-order valence-electron chi connectivity index (χ3n) is 4.55. The first kappa shape index (κ1) is 21.9. The highest BCUT2D eigenvalue weighted by Gasteiger charge is 2.39. The van der Waals surface area contributed by atoms with Gasteiger partial charge in [-0.05, 0) is 42.5 Å². The van der Waals surface area contributed by atoms with Gasteiger partial charge in [-0.25, -0.2) is 4.79 Å². The van der Waals surface area contributed by atoms with E-state index in [1.54, 1.807) is 0 Å². The lowest BCUT2D eigenvalue weighted by Crippen LogP contribution is -2.16. The van der Waals surface area contributed by atoms with Crippen molar-refractivity contribution >= 4 is 40.1 Å². The molecule has 0 bridgehead atoms. The van der Waals surface area contributed by atoms with Crippen LogP contribution >= 0.6 is 23.2 Å². The molecular weight excluding hydrogens is 468 g/mol. The van der Waals surface area contributed by atoms with Crippen LogP contribution in [0.5, 0.6) is 5.75 Å². The van der Waals surface area contributed by atoms with Crippen molar-refractivity contribution < 1.29 is 27.1 Å². The molecule has 32 heavy (non-hydrogen) atoms. The molecule has 1 heterocycles. The van der Waals surface area contributed by atoms with Gasteiger partial charge in [-0.3, -0.25) is 4.79 Å². The van der Waals surface area contributed by atoms with E-state index in [1.807, 2.05) is 0 Å². The fourth-order valence-electron chi connectivity index (χ4n) is 3.10. The van der Waals surface area contributed by atoms with E-state index < -0.39 is 28.9 Å². The number of ether oxygens (including phenoxy) is 1. The van der Waals surface area contributed by atoms with Gasteiger partial charge in [0.1, 0.15) is 11.3 Å². The lowest BCUT2D eigenvalue weighted by molar-refractivity contribution is -0.152. The van der Waals surface area contributed by atoms with Crippen LogP contribution in [-0.2, 0) is 6.18 Å². The number of hydrogen-bond acceptors (Lipinski definition) is 4. The van der Waals surface area contributed by atoms with Crippen molar-refractivity contribution in [2.24, 2.45) is 0 Å². The standard InChI is InChI=1S/C23H11Cl2F3O4/c24-13-7-5-12(6-8-13)22(30)31-14-9-10-16-18(11-14)32-21(23(26,27)28)19(20(16)29)15-3-1-2-4-17(15)25/h1-11H. The Morgan fingerprint density at radius 1 is 0.938 bits per heavy atom. The number of fused-ring (bicyclic) bond motifs is 1. The van der Waals surface area contributed by atoms with Crippen LogP contribution in [0, 0.1) is 0 Å². The zero-order valence-corrected chi connectivity index (χ0v) is 17.4. The van der Waals surface area contributed by atoms with Gasteiger partial charge in [0.15, 0.2) is 0 Å². The van der Waals surface area contributed by atoms with E-state index >= 15 is 0 Å². The summed E-state index contributed by atoms with van der Waals surface area (Å²) < 4.78 is 51.6. The lowest BCUT2D eigenvalue weighted by atomic mass is 10.0. The highest BCUT2D eigenvalue weighted by atomic mass is 35.5. The molecule has 0 N–H and O–H groups in total. The second-order valence-corrected chi connectivity index (χ2v) is 7.51. The van der Waals surface area contributed by atoms with Crippen LogP contribution in [-0.4, -0.2) is 5.97 Å². The molecule has 0 saturated heterocycles. The van der Waals surface area contributed by atoms with E-state index in [0.29, 0.717) is 5.02 Å². The quantitative estimate of drug-likeness (QED) is 0.235. The molecule has 0 fully saturated rings. The molecule has 0 amide bonds. The van der Waals surface area contributed by atoms with E-state index in [4.69, 9.17) is 32.4 Å². The van der Waals surface area contributed by atoms with Crippen LogP contribution < -0.4 is 10.2 Å². The van der Waals surface area contributed by atoms with Crippen molar-refractivity contribution in [3.8, 4) is 16.9 Å². The van der Waals surface area contributed by atoms with Crippen LogP contribution in [0.3, 0.4) is 0 Å². The molecule has 4 nitrogen and oxygen atoms in total. The molecule has 0 aliphatic carbocycles. The molecule has 4 rings (SSSR count). The number of carbonyl (C=O) groups is 1. The summed E-state index contributed by atoms with van der Waals surface area (Å²) in [5.41, 5.74) is -1.92. The molecule has 0 radical (unpaired) electrons. The Morgan fingerprint density at radius 3 is 2.28 bits per heavy atom.